The van der Waals surface area contributed by atoms with E-state index in [0.29, 0.717) is 42.7 Å². The molecule has 0 spiro atoms. The summed E-state index contributed by atoms with van der Waals surface area (Å²) in [5.74, 6) is 0.373. The van der Waals surface area contributed by atoms with Crippen LogP contribution in [0.2, 0.25) is 5.02 Å². The number of hydrogen-bond donors (Lipinski definition) is 1. The van der Waals surface area contributed by atoms with Gasteiger partial charge in [0, 0.05) is 38.3 Å². The molecule has 37 heavy (non-hydrogen) atoms. The van der Waals surface area contributed by atoms with Crippen molar-refractivity contribution in [1.29, 1.82) is 5.26 Å². The number of halogens is 2. The summed E-state index contributed by atoms with van der Waals surface area (Å²) in [6, 6.07) is 14.3. The molecule has 0 radical (unpaired) electrons. The molecule has 2 unspecified atom stereocenters. The number of fused-ring (bicyclic) bond motifs is 1. The molecule has 1 saturated heterocycles. The van der Waals surface area contributed by atoms with Crippen molar-refractivity contribution < 1.29 is 14.0 Å². The Hall–Kier alpha value is -3.11. The Bertz CT molecular complexity index is 1240. The first-order chi connectivity index (χ1) is 17.8. The number of nitriles is 1. The van der Waals surface area contributed by atoms with Crippen LogP contribution in [0.15, 0.2) is 42.5 Å². The van der Waals surface area contributed by atoms with Gasteiger partial charge in [0.25, 0.3) is 0 Å². The van der Waals surface area contributed by atoms with Crippen molar-refractivity contribution in [2.24, 2.45) is 11.8 Å². The summed E-state index contributed by atoms with van der Waals surface area (Å²) in [6.07, 6.45) is 5.60. The van der Waals surface area contributed by atoms with Gasteiger partial charge >= 0.3 is 6.03 Å². The third-order valence-electron chi connectivity index (χ3n) is 8.67. The van der Waals surface area contributed by atoms with E-state index in [0.717, 1.165) is 38.5 Å². The van der Waals surface area contributed by atoms with Crippen LogP contribution in [0, 0.1) is 29.0 Å². The summed E-state index contributed by atoms with van der Waals surface area (Å²) in [6.45, 7) is 3.66. The Balaban J connectivity index is 1.31. The predicted octanol–water partition coefficient (Wildman–Crippen LogP) is 5.95. The summed E-state index contributed by atoms with van der Waals surface area (Å²) >= 11 is 5.95. The van der Waals surface area contributed by atoms with E-state index in [4.69, 9.17) is 11.6 Å². The average molecular weight is 523 g/mol. The number of amides is 3. The molecule has 0 aromatic heterocycles. The van der Waals surface area contributed by atoms with Gasteiger partial charge < -0.3 is 15.1 Å². The number of carbonyl (C=O) groups excluding carboxylic acids is 2. The molecule has 2 saturated carbocycles. The lowest BCUT2D eigenvalue weighted by molar-refractivity contribution is -0.130. The summed E-state index contributed by atoms with van der Waals surface area (Å²) in [7, 11) is 0. The van der Waals surface area contributed by atoms with Crippen LogP contribution in [0.5, 0.6) is 0 Å². The lowest BCUT2D eigenvalue weighted by atomic mass is 9.79. The minimum absolute atomic E-state index is 0.0269. The number of piperidine rings is 1. The largest absolute Gasteiger partial charge is 0.343 e. The first-order valence-electron chi connectivity index (χ1n) is 13.1. The molecule has 1 N–H and O–H groups in total. The number of rotatable bonds is 5. The predicted molar refractivity (Wildman–Crippen MR) is 141 cm³/mol. The van der Waals surface area contributed by atoms with E-state index in [1.54, 1.807) is 6.92 Å². The van der Waals surface area contributed by atoms with Crippen LogP contribution >= 0.6 is 11.6 Å². The number of urea groups is 1. The molecule has 3 amide bonds. The maximum absolute atomic E-state index is 13.7. The Morgan fingerprint density at radius 1 is 1.22 bits per heavy atom. The van der Waals surface area contributed by atoms with E-state index in [1.807, 2.05) is 28.0 Å². The van der Waals surface area contributed by atoms with Crippen LogP contribution in [-0.4, -0.2) is 47.4 Å². The van der Waals surface area contributed by atoms with Gasteiger partial charge in [-0.05, 0) is 91.7 Å². The molecule has 2 aliphatic carbocycles. The Morgan fingerprint density at radius 2 is 2.00 bits per heavy atom. The fourth-order valence-electron chi connectivity index (χ4n) is 6.42. The number of likely N-dealkylation sites (tertiary alicyclic amines) is 1. The summed E-state index contributed by atoms with van der Waals surface area (Å²) in [5.41, 5.74) is 2.51. The highest BCUT2D eigenvalue weighted by molar-refractivity contribution is 6.31. The molecule has 5 rings (SSSR count). The summed E-state index contributed by atoms with van der Waals surface area (Å²) in [4.78, 5) is 29.2. The van der Waals surface area contributed by atoms with Crippen LogP contribution in [-0.2, 0) is 10.2 Å². The second-order valence-electron chi connectivity index (χ2n) is 10.8. The van der Waals surface area contributed by atoms with Crippen LogP contribution in [0.3, 0.4) is 0 Å². The van der Waals surface area contributed by atoms with Crippen molar-refractivity contribution >= 4 is 29.2 Å². The lowest BCUT2D eigenvalue weighted by Crippen LogP contribution is -2.49. The minimum atomic E-state index is -0.522. The van der Waals surface area contributed by atoms with E-state index in [1.165, 1.54) is 23.8 Å². The van der Waals surface area contributed by atoms with Crippen molar-refractivity contribution in [3.05, 3.63) is 64.4 Å². The number of carbonyl (C=O) groups is 2. The minimum Gasteiger partial charge on any atom is -0.343 e. The van der Waals surface area contributed by atoms with Crippen LogP contribution in [0.4, 0.5) is 14.9 Å². The van der Waals surface area contributed by atoms with Gasteiger partial charge in [-0.2, -0.15) is 5.26 Å². The fraction of sp³-hybridized carbons (Fsp3) is 0.483. The van der Waals surface area contributed by atoms with Crippen molar-refractivity contribution in [3.8, 4) is 6.07 Å². The third kappa shape index (κ3) is 5.31. The average Bonchev–Trinajstić information content (AvgIpc) is 3.65. The van der Waals surface area contributed by atoms with Crippen molar-refractivity contribution in [2.75, 3.05) is 25.0 Å². The van der Waals surface area contributed by atoms with Gasteiger partial charge in [-0.15, -0.1) is 0 Å². The molecule has 3 fully saturated rings. The first kappa shape index (κ1) is 25.5. The number of nitrogens with one attached hydrogen (secondary N) is 1. The zero-order valence-electron chi connectivity index (χ0n) is 21.1. The van der Waals surface area contributed by atoms with Crippen molar-refractivity contribution in [2.45, 2.75) is 56.9 Å². The maximum Gasteiger partial charge on any atom is 0.322 e. The molecule has 194 valence electrons. The molecule has 6 nitrogen and oxygen atoms in total. The normalized spacial score (nSPS) is 25.1. The molecular weight excluding hydrogens is 491 g/mol. The topological polar surface area (TPSA) is 76.4 Å². The van der Waals surface area contributed by atoms with Gasteiger partial charge in [0.15, 0.2) is 0 Å². The van der Waals surface area contributed by atoms with E-state index >= 15 is 0 Å². The van der Waals surface area contributed by atoms with Gasteiger partial charge in [-0.1, -0.05) is 23.7 Å². The SMILES string of the molecule is CC(=O)N1CCC(CN(C(=O)Nc2ccc(F)c(Cl)c2)C2CC[C@]3(c4cccc(C#N)c4)CC3C2)CC1. The molecule has 2 aromatic rings. The van der Waals surface area contributed by atoms with E-state index < -0.39 is 5.82 Å². The number of nitrogens with zero attached hydrogens (tertiary/aromatic N) is 3. The van der Waals surface area contributed by atoms with Gasteiger partial charge in [0.1, 0.15) is 5.82 Å². The number of hydrogen-bond acceptors (Lipinski definition) is 3. The Morgan fingerprint density at radius 3 is 2.68 bits per heavy atom. The molecule has 2 aromatic carbocycles. The van der Waals surface area contributed by atoms with E-state index in [-0.39, 0.29) is 28.4 Å². The Kier molecular flexibility index (Phi) is 7.13. The quantitative estimate of drug-likeness (QED) is 0.527. The van der Waals surface area contributed by atoms with Crippen LogP contribution in [0.25, 0.3) is 0 Å². The highest BCUT2D eigenvalue weighted by Crippen LogP contribution is 2.63. The van der Waals surface area contributed by atoms with Crippen molar-refractivity contribution in [3.63, 3.8) is 0 Å². The van der Waals surface area contributed by atoms with Gasteiger partial charge in [0.2, 0.25) is 5.91 Å². The lowest BCUT2D eigenvalue weighted by Gasteiger charge is -2.40. The highest BCUT2D eigenvalue weighted by Gasteiger charge is 2.58. The summed E-state index contributed by atoms with van der Waals surface area (Å²) < 4.78 is 13.7. The molecule has 3 aliphatic rings. The number of anilines is 1. The second-order valence-corrected chi connectivity index (χ2v) is 11.2. The third-order valence-corrected chi connectivity index (χ3v) is 8.96. The van der Waals surface area contributed by atoms with Gasteiger partial charge in [-0.25, -0.2) is 9.18 Å². The van der Waals surface area contributed by atoms with Crippen LogP contribution < -0.4 is 5.32 Å². The number of benzene rings is 2. The second kappa shape index (κ2) is 10.3. The van der Waals surface area contributed by atoms with E-state index in [2.05, 4.69) is 17.5 Å². The van der Waals surface area contributed by atoms with Crippen LogP contribution in [0.1, 0.15) is 56.6 Å². The molecular formula is C29H32ClFN4O2. The zero-order chi connectivity index (χ0) is 26.2. The van der Waals surface area contributed by atoms with E-state index in [9.17, 15) is 19.2 Å². The standard InChI is InChI=1S/C29H32ClFN4O2/c1-19(36)34-11-8-20(9-12-34)18-35(28(37)33-24-5-6-27(31)26(30)15-24)25-7-10-29(16-23(29)14-25)22-4-2-3-21(13-22)17-32/h2-6,13,15,20,23,25H,7-12,14,16,18H2,1H3,(H,33,37)/t23?,25?,29-/m1/s1. The van der Waals surface area contributed by atoms with Crippen molar-refractivity contribution in [1.82, 2.24) is 9.80 Å². The molecule has 0 bridgehead atoms. The highest BCUT2D eigenvalue weighted by atomic mass is 35.5. The van der Waals surface area contributed by atoms with Gasteiger partial charge in [-0.3, -0.25) is 4.79 Å². The van der Waals surface area contributed by atoms with Gasteiger partial charge in [0.05, 0.1) is 16.7 Å². The molecule has 8 heteroatoms. The Labute approximate surface area is 222 Å². The smallest absolute Gasteiger partial charge is 0.322 e. The zero-order valence-corrected chi connectivity index (χ0v) is 21.8. The monoisotopic (exact) mass is 522 g/mol. The molecule has 1 heterocycles. The molecule has 3 atom stereocenters. The summed E-state index contributed by atoms with van der Waals surface area (Å²) in [5, 5.41) is 12.3. The first-order valence-corrected chi connectivity index (χ1v) is 13.5. The maximum atomic E-state index is 13.7. The fourth-order valence-corrected chi connectivity index (χ4v) is 6.60. The molecule has 1 aliphatic heterocycles.